The lowest BCUT2D eigenvalue weighted by atomic mass is 10.1. The van der Waals surface area contributed by atoms with E-state index in [4.69, 9.17) is 4.74 Å². The second kappa shape index (κ2) is 5.71. The summed E-state index contributed by atoms with van der Waals surface area (Å²) in [7, 11) is 0. The zero-order valence-electron chi connectivity index (χ0n) is 11.6. The van der Waals surface area contributed by atoms with Crippen molar-refractivity contribution in [2.24, 2.45) is 0 Å². The molecule has 0 aliphatic carbocycles. The Hall–Kier alpha value is -2.75. The monoisotopic (exact) mass is 278 g/mol. The maximum Gasteiger partial charge on any atom is 0.338 e. The number of aromatic nitrogens is 2. The first kappa shape index (κ1) is 13.2. The fraction of sp³-hybridized carbons (Fsp3) is 0.118. The predicted molar refractivity (Wildman–Crippen MR) is 79.8 cm³/mol. The molecule has 0 N–H and O–H groups in total. The molecule has 0 amide bonds. The number of benzene rings is 2. The second-order valence-corrected chi connectivity index (χ2v) is 4.82. The van der Waals surface area contributed by atoms with Gasteiger partial charge in [-0.15, -0.1) is 0 Å². The van der Waals surface area contributed by atoms with E-state index in [0.29, 0.717) is 11.1 Å². The van der Waals surface area contributed by atoms with Crippen LogP contribution in [0.15, 0.2) is 54.9 Å². The van der Waals surface area contributed by atoms with E-state index in [-0.39, 0.29) is 12.6 Å². The Morgan fingerprint density at radius 2 is 1.71 bits per heavy atom. The molecule has 0 fully saturated rings. The van der Waals surface area contributed by atoms with Gasteiger partial charge in [0.25, 0.3) is 0 Å². The minimum atomic E-state index is -0.358. The number of nitrogens with zero attached hydrogens (tertiary/aromatic N) is 2. The van der Waals surface area contributed by atoms with Crippen LogP contribution in [0.4, 0.5) is 0 Å². The molecule has 0 saturated heterocycles. The molecular formula is C17H14N2O2. The van der Waals surface area contributed by atoms with Crippen molar-refractivity contribution < 1.29 is 9.53 Å². The van der Waals surface area contributed by atoms with Crippen LogP contribution in [0.2, 0.25) is 0 Å². The Morgan fingerprint density at radius 1 is 1.00 bits per heavy atom. The number of esters is 1. The highest BCUT2D eigenvalue weighted by Gasteiger charge is 2.09. The van der Waals surface area contributed by atoms with Crippen LogP contribution >= 0.6 is 0 Å². The summed E-state index contributed by atoms with van der Waals surface area (Å²) in [6.45, 7) is 2.28. The highest BCUT2D eigenvalue weighted by molar-refractivity contribution is 5.93. The summed E-state index contributed by atoms with van der Waals surface area (Å²) in [6, 6.07) is 13.1. The van der Waals surface area contributed by atoms with Crippen LogP contribution in [0.25, 0.3) is 11.0 Å². The number of ether oxygens (including phenoxy) is 1. The Labute approximate surface area is 122 Å². The predicted octanol–water partition coefficient (Wildman–Crippen LogP) is 3.30. The van der Waals surface area contributed by atoms with Crippen molar-refractivity contribution >= 4 is 17.0 Å². The third-order valence-electron chi connectivity index (χ3n) is 3.20. The molecule has 4 heteroatoms. The van der Waals surface area contributed by atoms with E-state index in [2.05, 4.69) is 9.97 Å². The van der Waals surface area contributed by atoms with Crippen molar-refractivity contribution in [3.63, 3.8) is 0 Å². The maximum absolute atomic E-state index is 12.1. The van der Waals surface area contributed by atoms with E-state index in [0.717, 1.165) is 11.1 Å². The van der Waals surface area contributed by atoms with Crippen LogP contribution in [0.1, 0.15) is 21.5 Å². The van der Waals surface area contributed by atoms with E-state index in [1.165, 1.54) is 5.56 Å². The normalized spacial score (nSPS) is 10.5. The van der Waals surface area contributed by atoms with Crippen LogP contribution in [-0.4, -0.2) is 15.9 Å². The van der Waals surface area contributed by atoms with E-state index < -0.39 is 0 Å². The third-order valence-corrected chi connectivity index (χ3v) is 3.20. The average molecular weight is 278 g/mol. The molecule has 1 aromatic heterocycles. The molecule has 3 rings (SSSR count). The van der Waals surface area contributed by atoms with Gasteiger partial charge in [0.15, 0.2) is 0 Å². The lowest BCUT2D eigenvalue weighted by molar-refractivity contribution is 0.0473. The van der Waals surface area contributed by atoms with Crippen LogP contribution < -0.4 is 0 Å². The molecule has 1 heterocycles. The van der Waals surface area contributed by atoms with E-state index >= 15 is 0 Å². The molecular weight excluding hydrogens is 264 g/mol. The van der Waals surface area contributed by atoms with Crippen LogP contribution in [-0.2, 0) is 11.3 Å². The molecule has 0 unspecified atom stereocenters. The molecule has 0 atom stereocenters. The molecule has 4 nitrogen and oxygen atoms in total. The largest absolute Gasteiger partial charge is 0.457 e. The van der Waals surface area contributed by atoms with Crippen molar-refractivity contribution in [1.29, 1.82) is 0 Å². The van der Waals surface area contributed by atoms with Gasteiger partial charge in [-0.25, -0.2) is 4.79 Å². The van der Waals surface area contributed by atoms with Gasteiger partial charge in [0, 0.05) is 12.4 Å². The smallest absolute Gasteiger partial charge is 0.338 e. The first-order valence-electron chi connectivity index (χ1n) is 6.66. The van der Waals surface area contributed by atoms with Gasteiger partial charge in [0.1, 0.15) is 6.61 Å². The summed E-state index contributed by atoms with van der Waals surface area (Å²) < 4.78 is 5.32. The standard InChI is InChI=1S/C17H14N2O2/c1-12-2-4-13(5-3-12)11-21-17(20)14-6-7-15-16(10-14)19-9-8-18-15/h2-10H,11H2,1H3. The maximum atomic E-state index is 12.1. The minimum absolute atomic E-state index is 0.262. The first-order valence-corrected chi connectivity index (χ1v) is 6.66. The SMILES string of the molecule is Cc1ccc(COC(=O)c2ccc3nccnc3c2)cc1. The van der Waals surface area contributed by atoms with Crippen LogP contribution in [0.5, 0.6) is 0 Å². The summed E-state index contributed by atoms with van der Waals surface area (Å²) in [6.07, 6.45) is 3.22. The topological polar surface area (TPSA) is 52.1 Å². The van der Waals surface area contributed by atoms with Gasteiger partial charge < -0.3 is 4.74 Å². The van der Waals surface area contributed by atoms with Gasteiger partial charge in [0.2, 0.25) is 0 Å². The lowest BCUT2D eigenvalue weighted by Gasteiger charge is -2.06. The Bertz CT molecular complexity index is 782. The molecule has 0 aliphatic heterocycles. The number of fused-ring (bicyclic) bond motifs is 1. The molecule has 0 bridgehead atoms. The number of carbonyl (C=O) groups is 1. The third kappa shape index (κ3) is 3.05. The molecule has 0 aliphatic rings. The molecule has 0 radical (unpaired) electrons. The van der Waals surface area contributed by atoms with Crippen LogP contribution in [0.3, 0.4) is 0 Å². The van der Waals surface area contributed by atoms with Crippen molar-refractivity contribution in [2.75, 3.05) is 0 Å². The van der Waals surface area contributed by atoms with Gasteiger partial charge in [-0.2, -0.15) is 0 Å². The van der Waals surface area contributed by atoms with Gasteiger partial charge in [-0.05, 0) is 30.7 Å². The van der Waals surface area contributed by atoms with Crippen molar-refractivity contribution in [3.05, 3.63) is 71.5 Å². The summed E-state index contributed by atoms with van der Waals surface area (Å²) in [5.41, 5.74) is 4.07. The first-order chi connectivity index (χ1) is 10.2. The van der Waals surface area contributed by atoms with Gasteiger partial charge >= 0.3 is 5.97 Å². The number of rotatable bonds is 3. The molecule has 0 spiro atoms. The summed E-state index contributed by atoms with van der Waals surface area (Å²) in [5.74, 6) is -0.358. The van der Waals surface area contributed by atoms with Gasteiger partial charge in [-0.3, -0.25) is 9.97 Å². The quantitative estimate of drug-likeness (QED) is 0.690. The van der Waals surface area contributed by atoms with Gasteiger partial charge in [-0.1, -0.05) is 29.8 Å². The van der Waals surface area contributed by atoms with Crippen molar-refractivity contribution in [1.82, 2.24) is 9.97 Å². The van der Waals surface area contributed by atoms with Crippen LogP contribution in [0, 0.1) is 6.92 Å². The lowest BCUT2D eigenvalue weighted by Crippen LogP contribution is -2.05. The molecule has 3 aromatic rings. The highest BCUT2D eigenvalue weighted by Crippen LogP contribution is 2.13. The number of hydrogen-bond donors (Lipinski definition) is 0. The van der Waals surface area contributed by atoms with Crippen molar-refractivity contribution in [3.8, 4) is 0 Å². The molecule has 21 heavy (non-hydrogen) atoms. The fourth-order valence-corrected chi connectivity index (χ4v) is 2.01. The van der Waals surface area contributed by atoms with Gasteiger partial charge in [0.05, 0.1) is 16.6 Å². The minimum Gasteiger partial charge on any atom is -0.457 e. The number of carbonyl (C=O) groups excluding carboxylic acids is 1. The van der Waals surface area contributed by atoms with Crippen molar-refractivity contribution in [2.45, 2.75) is 13.5 Å². The zero-order valence-corrected chi connectivity index (χ0v) is 11.6. The zero-order chi connectivity index (χ0) is 14.7. The summed E-state index contributed by atoms with van der Waals surface area (Å²) in [5, 5.41) is 0. The molecule has 104 valence electrons. The summed E-state index contributed by atoms with van der Waals surface area (Å²) in [4.78, 5) is 20.4. The Balaban J connectivity index is 1.73. The van der Waals surface area contributed by atoms with E-state index in [9.17, 15) is 4.79 Å². The second-order valence-electron chi connectivity index (χ2n) is 4.82. The highest BCUT2D eigenvalue weighted by atomic mass is 16.5. The Kier molecular flexibility index (Phi) is 3.60. The summed E-state index contributed by atoms with van der Waals surface area (Å²) >= 11 is 0. The fourth-order valence-electron chi connectivity index (χ4n) is 2.01. The molecule has 2 aromatic carbocycles. The Morgan fingerprint density at radius 3 is 2.48 bits per heavy atom. The molecule has 0 saturated carbocycles. The van der Waals surface area contributed by atoms with E-state index in [1.807, 2.05) is 31.2 Å². The average Bonchev–Trinajstić information content (AvgIpc) is 2.53. The number of hydrogen-bond acceptors (Lipinski definition) is 4. The number of aryl methyl sites for hydroxylation is 1. The van der Waals surface area contributed by atoms with E-state index in [1.54, 1.807) is 30.6 Å².